The molecule has 25 heavy (non-hydrogen) atoms. The van der Waals surface area contributed by atoms with Gasteiger partial charge in [-0.05, 0) is 37.0 Å². The van der Waals surface area contributed by atoms with Gasteiger partial charge in [-0.25, -0.2) is 0 Å². The van der Waals surface area contributed by atoms with E-state index in [1.165, 1.54) is 46.3 Å². The average molecular weight is 348 g/mol. The standard InChI is InChI=1S/C19H28N2O4/c1-24-16-12-11-15(13-17(16)25-2)19(23)21-20-18(22)10-6-9-14-7-4-3-5-8-14/h11-14H,3-10H2,1-2H3,(H,20,22)(H,21,23). The van der Waals surface area contributed by atoms with E-state index in [1.54, 1.807) is 18.2 Å². The molecule has 2 amide bonds. The van der Waals surface area contributed by atoms with Crippen LogP contribution in [0.1, 0.15) is 61.7 Å². The van der Waals surface area contributed by atoms with Gasteiger partial charge < -0.3 is 9.47 Å². The second kappa shape index (κ2) is 9.91. The highest BCUT2D eigenvalue weighted by Gasteiger charge is 2.14. The number of rotatable bonds is 7. The van der Waals surface area contributed by atoms with Crippen molar-refractivity contribution in [2.45, 2.75) is 51.4 Å². The van der Waals surface area contributed by atoms with Crippen molar-refractivity contribution in [2.24, 2.45) is 5.92 Å². The van der Waals surface area contributed by atoms with Crippen LogP contribution in [0.15, 0.2) is 18.2 Å². The summed E-state index contributed by atoms with van der Waals surface area (Å²) in [7, 11) is 3.04. The van der Waals surface area contributed by atoms with Crippen molar-refractivity contribution in [1.82, 2.24) is 10.9 Å². The second-order valence-corrected chi connectivity index (χ2v) is 6.47. The number of carbonyl (C=O) groups excluding carboxylic acids is 2. The number of hydrogen-bond donors (Lipinski definition) is 2. The van der Waals surface area contributed by atoms with E-state index in [4.69, 9.17) is 9.47 Å². The topological polar surface area (TPSA) is 76.7 Å². The van der Waals surface area contributed by atoms with E-state index in [0.29, 0.717) is 23.5 Å². The fourth-order valence-electron chi connectivity index (χ4n) is 3.27. The van der Waals surface area contributed by atoms with Gasteiger partial charge in [0.15, 0.2) is 11.5 Å². The lowest BCUT2D eigenvalue weighted by atomic mass is 9.86. The van der Waals surface area contributed by atoms with E-state index in [2.05, 4.69) is 10.9 Å². The van der Waals surface area contributed by atoms with Crippen LogP contribution in [-0.2, 0) is 4.79 Å². The third-order valence-corrected chi connectivity index (χ3v) is 4.70. The Kier molecular flexibility index (Phi) is 7.57. The number of methoxy groups -OCH3 is 2. The Morgan fingerprint density at radius 1 is 1.04 bits per heavy atom. The highest BCUT2D eigenvalue weighted by molar-refractivity contribution is 5.96. The lowest BCUT2D eigenvalue weighted by Crippen LogP contribution is -2.41. The SMILES string of the molecule is COc1ccc(C(=O)NNC(=O)CCCC2CCCCC2)cc1OC. The molecule has 1 saturated carbocycles. The molecule has 6 nitrogen and oxygen atoms in total. The highest BCUT2D eigenvalue weighted by atomic mass is 16.5. The largest absolute Gasteiger partial charge is 0.493 e. The molecule has 0 spiro atoms. The summed E-state index contributed by atoms with van der Waals surface area (Å²) >= 11 is 0. The third kappa shape index (κ3) is 5.96. The van der Waals surface area contributed by atoms with Gasteiger partial charge in [-0.15, -0.1) is 0 Å². The van der Waals surface area contributed by atoms with Crippen LogP contribution in [-0.4, -0.2) is 26.0 Å². The van der Waals surface area contributed by atoms with Gasteiger partial charge in [0.05, 0.1) is 14.2 Å². The molecular formula is C19H28N2O4. The number of carbonyl (C=O) groups is 2. The first-order valence-corrected chi connectivity index (χ1v) is 8.95. The lowest BCUT2D eigenvalue weighted by Gasteiger charge is -2.21. The van der Waals surface area contributed by atoms with Gasteiger partial charge in [0.25, 0.3) is 5.91 Å². The zero-order valence-electron chi connectivity index (χ0n) is 15.1. The minimum Gasteiger partial charge on any atom is -0.493 e. The molecular weight excluding hydrogens is 320 g/mol. The first-order valence-electron chi connectivity index (χ1n) is 8.95. The summed E-state index contributed by atoms with van der Waals surface area (Å²) in [5.74, 6) is 1.23. The molecule has 6 heteroatoms. The molecule has 0 radical (unpaired) electrons. The molecule has 0 aliphatic heterocycles. The van der Waals surface area contributed by atoms with Crippen LogP contribution in [0.5, 0.6) is 11.5 Å². The number of benzene rings is 1. The molecule has 2 rings (SSSR count). The van der Waals surface area contributed by atoms with Crippen molar-refractivity contribution in [3.05, 3.63) is 23.8 Å². The molecule has 2 N–H and O–H groups in total. The van der Waals surface area contributed by atoms with Crippen molar-refractivity contribution in [1.29, 1.82) is 0 Å². The molecule has 0 unspecified atom stereocenters. The van der Waals surface area contributed by atoms with E-state index < -0.39 is 0 Å². The maximum Gasteiger partial charge on any atom is 0.269 e. The molecule has 1 aromatic rings. The molecule has 138 valence electrons. The van der Waals surface area contributed by atoms with Crippen LogP contribution in [0, 0.1) is 5.92 Å². The minimum absolute atomic E-state index is 0.162. The van der Waals surface area contributed by atoms with Crippen molar-refractivity contribution in [2.75, 3.05) is 14.2 Å². The number of hydrogen-bond acceptors (Lipinski definition) is 4. The fraction of sp³-hybridized carbons (Fsp3) is 0.579. The van der Waals surface area contributed by atoms with Crippen molar-refractivity contribution >= 4 is 11.8 Å². The molecule has 0 saturated heterocycles. The third-order valence-electron chi connectivity index (χ3n) is 4.70. The molecule has 1 aliphatic rings. The predicted octanol–water partition coefficient (Wildman–Crippen LogP) is 3.22. The molecule has 1 fully saturated rings. The van der Waals surface area contributed by atoms with Gasteiger partial charge in [0.2, 0.25) is 5.91 Å². The zero-order valence-corrected chi connectivity index (χ0v) is 15.1. The molecule has 0 atom stereocenters. The molecule has 0 heterocycles. The maximum absolute atomic E-state index is 12.1. The van der Waals surface area contributed by atoms with Crippen LogP contribution in [0.4, 0.5) is 0 Å². The number of hydrazine groups is 1. The lowest BCUT2D eigenvalue weighted by molar-refractivity contribution is -0.122. The van der Waals surface area contributed by atoms with Gasteiger partial charge >= 0.3 is 0 Å². The summed E-state index contributed by atoms with van der Waals surface area (Å²) < 4.78 is 10.3. The summed E-state index contributed by atoms with van der Waals surface area (Å²) in [6.45, 7) is 0. The van der Waals surface area contributed by atoms with Gasteiger partial charge in [0.1, 0.15) is 0 Å². The van der Waals surface area contributed by atoms with Crippen LogP contribution in [0.2, 0.25) is 0 Å². The highest BCUT2D eigenvalue weighted by Crippen LogP contribution is 2.28. The van der Waals surface area contributed by atoms with Crippen molar-refractivity contribution < 1.29 is 19.1 Å². The van der Waals surface area contributed by atoms with Gasteiger partial charge in [-0.2, -0.15) is 0 Å². The monoisotopic (exact) mass is 348 g/mol. The van der Waals surface area contributed by atoms with E-state index in [0.717, 1.165) is 18.8 Å². The minimum atomic E-state index is -0.387. The summed E-state index contributed by atoms with van der Waals surface area (Å²) in [5, 5.41) is 0. The summed E-state index contributed by atoms with van der Waals surface area (Å²) in [4.78, 5) is 24.0. The molecule has 1 aromatic carbocycles. The first kappa shape index (κ1) is 19.1. The average Bonchev–Trinajstić information content (AvgIpc) is 2.66. The summed E-state index contributed by atoms with van der Waals surface area (Å²) in [6, 6.07) is 4.84. The van der Waals surface area contributed by atoms with Crippen LogP contribution < -0.4 is 20.3 Å². The Hall–Kier alpha value is -2.24. The predicted molar refractivity (Wildman–Crippen MR) is 95.6 cm³/mol. The second-order valence-electron chi connectivity index (χ2n) is 6.47. The van der Waals surface area contributed by atoms with Crippen molar-refractivity contribution in [3.63, 3.8) is 0 Å². The number of ether oxygens (including phenoxy) is 2. The molecule has 1 aliphatic carbocycles. The van der Waals surface area contributed by atoms with Gasteiger partial charge in [0, 0.05) is 12.0 Å². The summed E-state index contributed by atoms with van der Waals surface area (Å²) in [6.07, 6.45) is 8.95. The van der Waals surface area contributed by atoms with E-state index in [-0.39, 0.29) is 11.8 Å². The Bertz CT molecular complexity index is 583. The fourth-order valence-corrected chi connectivity index (χ4v) is 3.27. The van der Waals surface area contributed by atoms with E-state index in [9.17, 15) is 9.59 Å². The quantitative estimate of drug-likeness (QED) is 0.742. The summed E-state index contributed by atoms with van der Waals surface area (Å²) in [5.41, 5.74) is 5.30. The number of nitrogens with one attached hydrogen (secondary N) is 2. The van der Waals surface area contributed by atoms with Crippen LogP contribution in [0.3, 0.4) is 0 Å². The Morgan fingerprint density at radius 2 is 1.76 bits per heavy atom. The number of amides is 2. The van der Waals surface area contributed by atoms with Crippen LogP contribution in [0.25, 0.3) is 0 Å². The van der Waals surface area contributed by atoms with Gasteiger partial charge in [-0.3, -0.25) is 20.4 Å². The Balaban J connectivity index is 1.72. The smallest absolute Gasteiger partial charge is 0.269 e. The van der Waals surface area contributed by atoms with Crippen molar-refractivity contribution in [3.8, 4) is 11.5 Å². The van der Waals surface area contributed by atoms with E-state index >= 15 is 0 Å². The first-order chi connectivity index (χ1) is 12.1. The van der Waals surface area contributed by atoms with E-state index in [1.807, 2.05) is 0 Å². The normalized spacial score (nSPS) is 14.6. The Labute approximate surface area is 149 Å². The van der Waals surface area contributed by atoms with Gasteiger partial charge in [-0.1, -0.05) is 32.1 Å². The van der Waals surface area contributed by atoms with Crippen LogP contribution >= 0.6 is 0 Å². The zero-order chi connectivity index (χ0) is 18.1. The Morgan fingerprint density at radius 3 is 2.44 bits per heavy atom. The molecule has 0 bridgehead atoms. The molecule has 0 aromatic heterocycles. The maximum atomic E-state index is 12.1.